The van der Waals surface area contributed by atoms with Crippen molar-refractivity contribution < 1.29 is 5.11 Å². The predicted molar refractivity (Wildman–Crippen MR) is 39.2 cm³/mol. The molecule has 3 N–H and O–H groups in total. The van der Waals surface area contributed by atoms with Gasteiger partial charge >= 0.3 is 0 Å². The van der Waals surface area contributed by atoms with Crippen LogP contribution in [0.5, 0.6) is 0 Å². The highest BCUT2D eigenvalue weighted by Crippen LogP contribution is 2.00. The molecule has 9 heavy (non-hydrogen) atoms. The average molecular weight is 131 g/mol. The molecule has 0 aromatic carbocycles. The Morgan fingerprint density at radius 1 is 1.44 bits per heavy atom. The van der Waals surface area contributed by atoms with E-state index in [1.54, 1.807) is 0 Å². The van der Waals surface area contributed by atoms with Gasteiger partial charge in [0, 0.05) is 12.6 Å². The maximum absolute atomic E-state index is 8.41. The van der Waals surface area contributed by atoms with Crippen LogP contribution in [-0.2, 0) is 0 Å². The fourth-order valence-electron chi connectivity index (χ4n) is 0.722. The molecular formula is C7H17NO. The van der Waals surface area contributed by atoms with Gasteiger partial charge in [-0.2, -0.15) is 0 Å². The summed E-state index contributed by atoms with van der Waals surface area (Å²) in [7, 11) is 0. The molecule has 0 aromatic rings. The Balaban J connectivity index is 2.88. The number of aliphatic hydroxyl groups is 1. The van der Waals surface area contributed by atoms with Crippen molar-refractivity contribution in [1.29, 1.82) is 0 Å². The highest BCUT2D eigenvalue weighted by molar-refractivity contribution is 4.57. The van der Waals surface area contributed by atoms with Crippen LogP contribution in [-0.4, -0.2) is 17.8 Å². The molecule has 0 saturated heterocycles. The second kappa shape index (κ2) is 6.05. The molecule has 0 aliphatic rings. The van der Waals surface area contributed by atoms with Crippen LogP contribution in [0.4, 0.5) is 0 Å². The van der Waals surface area contributed by atoms with Crippen LogP contribution < -0.4 is 5.73 Å². The van der Waals surface area contributed by atoms with Crippen LogP contribution in [0, 0.1) is 0 Å². The van der Waals surface area contributed by atoms with Crippen molar-refractivity contribution in [1.82, 2.24) is 0 Å². The molecule has 2 heteroatoms. The maximum atomic E-state index is 8.41. The molecule has 0 aromatic heterocycles. The zero-order valence-electron chi connectivity index (χ0n) is 6.14. The summed E-state index contributed by atoms with van der Waals surface area (Å²) in [5.41, 5.74) is 5.63. The van der Waals surface area contributed by atoms with Crippen LogP contribution in [0.25, 0.3) is 0 Å². The van der Waals surface area contributed by atoms with Crippen molar-refractivity contribution in [3.8, 4) is 0 Å². The molecule has 1 atom stereocenters. The lowest BCUT2D eigenvalue weighted by molar-refractivity contribution is 0.281. The number of aliphatic hydroxyl groups excluding tert-OH is 1. The van der Waals surface area contributed by atoms with E-state index in [1.165, 1.54) is 0 Å². The molecule has 0 unspecified atom stereocenters. The van der Waals surface area contributed by atoms with E-state index in [0.29, 0.717) is 12.6 Å². The number of hydrogen-bond donors (Lipinski definition) is 2. The topological polar surface area (TPSA) is 46.2 Å². The molecule has 0 amide bonds. The van der Waals surface area contributed by atoms with Gasteiger partial charge in [-0.05, 0) is 25.7 Å². The Kier molecular flexibility index (Phi) is 5.99. The Bertz CT molecular complexity index is 56.9. The Labute approximate surface area is 57.1 Å². The smallest absolute Gasteiger partial charge is 0.0431 e. The van der Waals surface area contributed by atoms with E-state index in [1.807, 2.05) is 0 Å². The third kappa shape index (κ3) is 5.80. The lowest BCUT2D eigenvalue weighted by atomic mass is 10.1. The normalized spacial score (nSPS) is 13.7. The standard InChI is InChI=1S/C7H17NO/c1-2-7(8)5-3-4-6-9/h7,9H,2-6,8H2,1H3/t7-/m1/s1. The van der Waals surface area contributed by atoms with Gasteiger partial charge in [-0.3, -0.25) is 0 Å². The van der Waals surface area contributed by atoms with Gasteiger partial charge in [-0.1, -0.05) is 6.92 Å². The van der Waals surface area contributed by atoms with Gasteiger partial charge in [0.15, 0.2) is 0 Å². The number of rotatable bonds is 5. The zero-order chi connectivity index (χ0) is 7.11. The van der Waals surface area contributed by atoms with Crippen LogP contribution >= 0.6 is 0 Å². The van der Waals surface area contributed by atoms with Crippen molar-refractivity contribution in [2.45, 2.75) is 38.6 Å². The van der Waals surface area contributed by atoms with Gasteiger partial charge in [0.1, 0.15) is 0 Å². The fraction of sp³-hybridized carbons (Fsp3) is 1.00. The van der Waals surface area contributed by atoms with E-state index in [0.717, 1.165) is 25.7 Å². The molecule has 0 bridgehead atoms. The molecule has 0 aliphatic carbocycles. The van der Waals surface area contributed by atoms with Crippen LogP contribution in [0.2, 0.25) is 0 Å². The van der Waals surface area contributed by atoms with Crippen LogP contribution in [0.3, 0.4) is 0 Å². The quantitative estimate of drug-likeness (QED) is 0.544. The first kappa shape index (κ1) is 8.92. The molecule has 0 fully saturated rings. The minimum Gasteiger partial charge on any atom is -0.396 e. The highest BCUT2D eigenvalue weighted by Gasteiger charge is 1.96. The lowest BCUT2D eigenvalue weighted by Crippen LogP contribution is -2.17. The molecule has 0 rings (SSSR count). The summed E-state index contributed by atoms with van der Waals surface area (Å²) in [4.78, 5) is 0. The molecule has 0 heterocycles. The zero-order valence-corrected chi connectivity index (χ0v) is 6.14. The largest absolute Gasteiger partial charge is 0.396 e. The Hall–Kier alpha value is -0.0800. The molecule has 0 spiro atoms. The van der Waals surface area contributed by atoms with E-state index < -0.39 is 0 Å². The van der Waals surface area contributed by atoms with E-state index in [9.17, 15) is 0 Å². The minimum atomic E-state index is 0.302. The van der Waals surface area contributed by atoms with Crippen molar-refractivity contribution in [3.05, 3.63) is 0 Å². The number of hydrogen-bond acceptors (Lipinski definition) is 2. The predicted octanol–water partition coefficient (Wildman–Crippen LogP) is 0.886. The van der Waals surface area contributed by atoms with Crippen molar-refractivity contribution >= 4 is 0 Å². The molecule has 56 valence electrons. The van der Waals surface area contributed by atoms with Crippen molar-refractivity contribution in [2.24, 2.45) is 5.73 Å². The first-order valence-corrected chi connectivity index (χ1v) is 3.67. The van der Waals surface area contributed by atoms with Gasteiger partial charge in [0.2, 0.25) is 0 Å². The first-order chi connectivity index (χ1) is 4.31. The third-order valence-electron chi connectivity index (χ3n) is 1.51. The molecule has 2 nitrogen and oxygen atoms in total. The molecular weight excluding hydrogens is 114 g/mol. The van der Waals surface area contributed by atoms with Crippen molar-refractivity contribution in [3.63, 3.8) is 0 Å². The number of unbranched alkanes of at least 4 members (excludes halogenated alkanes) is 1. The second-order valence-electron chi connectivity index (χ2n) is 2.39. The summed E-state index contributed by atoms with van der Waals surface area (Å²) in [5, 5.41) is 8.41. The van der Waals surface area contributed by atoms with Gasteiger partial charge in [0.25, 0.3) is 0 Å². The van der Waals surface area contributed by atoms with Gasteiger partial charge in [0.05, 0.1) is 0 Å². The lowest BCUT2D eigenvalue weighted by Gasteiger charge is -2.05. The summed E-state index contributed by atoms with van der Waals surface area (Å²) in [6.45, 7) is 2.39. The molecule has 0 radical (unpaired) electrons. The highest BCUT2D eigenvalue weighted by atomic mass is 16.2. The third-order valence-corrected chi connectivity index (χ3v) is 1.51. The summed E-state index contributed by atoms with van der Waals surface area (Å²) in [6.07, 6.45) is 4.06. The second-order valence-corrected chi connectivity index (χ2v) is 2.39. The Morgan fingerprint density at radius 2 is 2.11 bits per heavy atom. The van der Waals surface area contributed by atoms with Gasteiger partial charge in [-0.25, -0.2) is 0 Å². The van der Waals surface area contributed by atoms with Crippen molar-refractivity contribution in [2.75, 3.05) is 6.61 Å². The van der Waals surface area contributed by atoms with Gasteiger partial charge in [-0.15, -0.1) is 0 Å². The van der Waals surface area contributed by atoms with E-state index >= 15 is 0 Å². The summed E-state index contributed by atoms with van der Waals surface area (Å²) >= 11 is 0. The molecule has 0 saturated carbocycles. The SMILES string of the molecule is CC[C@@H](N)CCCCO. The van der Waals surface area contributed by atoms with E-state index in [-0.39, 0.29) is 0 Å². The minimum absolute atomic E-state index is 0.302. The first-order valence-electron chi connectivity index (χ1n) is 3.67. The monoisotopic (exact) mass is 131 g/mol. The van der Waals surface area contributed by atoms with Crippen LogP contribution in [0.15, 0.2) is 0 Å². The summed E-state index contributed by atoms with van der Waals surface area (Å²) in [6, 6.07) is 0.344. The van der Waals surface area contributed by atoms with E-state index in [4.69, 9.17) is 10.8 Å². The molecule has 0 aliphatic heterocycles. The summed E-state index contributed by atoms with van der Waals surface area (Å²) < 4.78 is 0. The number of nitrogens with two attached hydrogens (primary N) is 1. The Morgan fingerprint density at radius 3 is 2.56 bits per heavy atom. The maximum Gasteiger partial charge on any atom is 0.0431 e. The fourth-order valence-corrected chi connectivity index (χ4v) is 0.722. The average Bonchev–Trinajstić information content (AvgIpc) is 1.89. The van der Waals surface area contributed by atoms with Crippen LogP contribution in [0.1, 0.15) is 32.6 Å². The summed E-state index contributed by atoms with van der Waals surface area (Å²) in [5.74, 6) is 0. The van der Waals surface area contributed by atoms with E-state index in [2.05, 4.69) is 6.92 Å². The van der Waals surface area contributed by atoms with Gasteiger partial charge < -0.3 is 10.8 Å².